The van der Waals surface area contributed by atoms with Gasteiger partial charge in [-0.3, -0.25) is 4.72 Å². The Morgan fingerprint density at radius 2 is 1.22 bits per heavy atom. The van der Waals surface area contributed by atoms with E-state index in [4.69, 9.17) is 19.2 Å². The molecule has 0 aliphatic carbocycles. The summed E-state index contributed by atoms with van der Waals surface area (Å²) in [6, 6.07) is 48.3. The van der Waals surface area contributed by atoms with Crippen molar-refractivity contribution in [2.24, 2.45) is 0 Å². The SMILES string of the molecule is COc1ccccc1Oc1c(NS(=O)(=O)/C=C/c2ccccc2)nc(-c2ncccn2)nc1OCc1cn(C(c2ccccc2)(c2ccccc2)c2ccccc2)cn1. The molecule has 292 valence electrons. The summed E-state index contributed by atoms with van der Waals surface area (Å²) < 4.78 is 50.4. The molecule has 0 bridgehead atoms. The van der Waals surface area contributed by atoms with E-state index in [1.165, 1.54) is 25.6 Å². The summed E-state index contributed by atoms with van der Waals surface area (Å²) in [6.45, 7) is -0.101. The van der Waals surface area contributed by atoms with Crippen molar-refractivity contribution in [1.29, 1.82) is 0 Å². The number of nitrogens with one attached hydrogen (secondary N) is 1. The monoisotopic (exact) mass is 799 g/mol. The first-order valence-electron chi connectivity index (χ1n) is 18.5. The molecule has 1 N–H and O–H groups in total. The molecule has 0 saturated heterocycles. The maximum atomic E-state index is 13.7. The van der Waals surface area contributed by atoms with Crippen LogP contribution in [0.2, 0.25) is 0 Å². The Balaban J connectivity index is 1.23. The lowest BCUT2D eigenvalue weighted by Gasteiger charge is -2.37. The van der Waals surface area contributed by atoms with Gasteiger partial charge in [-0.1, -0.05) is 133 Å². The second-order valence-electron chi connectivity index (χ2n) is 13.1. The molecule has 3 heterocycles. The second kappa shape index (κ2) is 17.2. The van der Waals surface area contributed by atoms with Crippen LogP contribution in [0.3, 0.4) is 0 Å². The van der Waals surface area contributed by atoms with E-state index in [-0.39, 0.29) is 41.5 Å². The molecule has 12 nitrogen and oxygen atoms in total. The second-order valence-corrected chi connectivity index (χ2v) is 14.7. The number of rotatable bonds is 15. The van der Waals surface area contributed by atoms with Gasteiger partial charge >= 0.3 is 0 Å². The molecule has 5 aromatic carbocycles. The summed E-state index contributed by atoms with van der Waals surface area (Å²) >= 11 is 0. The van der Waals surface area contributed by atoms with E-state index >= 15 is 0 Å². The highest BCUT2D eigenvalue weighted by Crippen LogP contribution is 2.43. The molecule has 8 aromatic rings. The third-order valence-electron chi connectivity index (χ3n) is 9.31. The Morgan fingerprint density at radius 3 is 1.81 bits per heavy atom. The number of anilines is 1. The molecule has 0 radical (unpaired) electrons. The van der Waals surface area contributed by atoms with Crippen LogP contribution in [0, 0.1) is 0 Å². The Kier molecular flexibility index (Phi) is 11.2. The van der Waals surface area contributed by atoms with Gasteiger partial charge in [0.1, 0.15) is 12.1 Å². The third kappa shape index (κ3) is 8.41. The van der Waals surface area contributed by atoms with Gasteiger partial charge in [0.15, 0.2) is 23.1 Å². The van der Waals surface area contributed by atoms with E-state index < -0.39 is 15.6 Å². The molecule has 8 rings (SSSR count). The molecule has 0 atom stereocenters. The number of imidazole rings is 1. The average molecular weight is 800 g/mol. The van der Waals surface area contributed by atoms with Crippen LogP contribution >= 0.6 is 0 Å². The molecule has 0 saturated carbocycles. The quantitative estimate of drug-likeness (QED) is 0.100. The molecule has 3 aromatic heterocycles. The fraction of sp³-hybridized carbons (Fsp3) is 0.0652. The minimum absolute atomic E-state index is 0.0144. The molecule has 0 spiro atoms. The van der Waals surface area contributed by atoms with Crippen molar-refractivity contribution in [3.05, 3.63) is 210 Å². The van der Waals surface area contributed by atoms with Crippen LogP contribution in [0.1, 0.15) is 27.9 Å². The number of hydrogen-bond acceptors (Lipinski definition) is 10. The predicted molar refractivity (Wildman–Crippen MR) is 225 cm³/mol. The normalized spacial score (nSPS) is 11.6. The number of sulfonamides is 1. The van der Waals surface area contributed by atoms with Gasteiger partial charge in [0.2, 0.25) is 11.6 Å². The zero-order valence-corrected chi connectivity index (χ0v) is 32.6. The number of methoxy groups -OCH3 is 1. The van der Waals surface area contributed by atoms with E-state index in [2.05, 4.69) is 65.6 Å². The lowest BCUT2D eigenvalue weighted by atomic mass is 9.77. The first-order valence-corrected chi connectivity index (χ1v) is 20.1. The van der Waals surface area contributed by atoms with Gasteiger partial charge in [0, 0.05) is 18.6 Å². The Hall–Kier alpha value is -7.64. The van der Waals surface area contributed by atoms with Gasteiger partial charge in [-0.2, -0.15) is 4.98 Å². The van der Waals surface area contributed by atoms with Crippen LogP contribution in [0.25, 0.3) is 17.7 Å². The van der Waals surface area contributed by atoms with Crippen molar-refractivity contribution in [2.45, 2.75) is 12.1 Å². The van der Waals surface area contributed by atoms with Crippen LogP contribution in [0.4, 0.5) is 5.82 Å². The van der Waals surface area contributed by atoms with Gasteiger partial charge in [-0.25, -0.2) is 28.4 Å². The number of nitrogens with zero attached hydrogens (tertiary/aromatic N) is 6. The van der Waals surface area contributed by atoms with Crippen LogP contribution < -0.4 is 18.9 Å². The average Bonchev–Trinajstić information content (AvgIpc) is 3.77. The summed E-state index contributed by atoms with van der Waals surface area (Å²) in [5, 5.41) is 1.04. The van der Waals surface area contributed by atoms with E-state index in [1.54, 1.807) is 48.8 Å². The van der Waals surface area contributed by atoms with E-state index in [0.29, 0.717) is 17.0 Å². The maximum absolute atomic E-state index is 13.7. The van der Waals surface area contributed by atoms with Crippen LogP contribution in [0.15, 0.2) is 182 Å². The van der Waals surface area contributed by atoms with Gasteiger partial charge in [-0.15, -0.1) is 0 Å². The summed E-state index contributed by atoms with van der Waals surface area (Å²) in [4.78, 5) is 22.7. The van der Waals surface area contributed by atoms with Crippen LogP contribution in [-0.2, 0) is 22.2 Å². The standard InChI is InChI=1S/C46H37N7O5S/c1-56-39-25-14-15-26-40(39)58-41-42(52-59(54,55)30-27-34-17-6-2-7-18-34)50-44(43-47-28-16-29-48-43)51-45(41)57-32-38-31-53(33-49-38)46(35-19-8-3-9-20-35,36-21-10-4-11-22-36)37-23-12-5-13-24-37/h2-31,33H,32H2,1H3,(H,50,51,52)/b30-27+. The largest absolute Gasteiger partial charge is 0.493 e. The molecular formula is C46H37N7O5S. The Labute approximate surface area is 341 Å². The molecule has 59 heavy (non-hydrogen) atoms. The Bertz CT molecular complexity index is 2680. The highest BCUT2D eigenvalue weighted by molar-refractivity contribution is 7.95. The topological polar surface area (TPSA) is 143 Å². The highest BCUT2D eigenvalue weighted by atomic mass is 32.2. The van der Waals surface area contributed by atoms with E-state index in [0.717, 1.165) is 22.1 Å². The Morgan fingerprint density at radius 1 is 0.661 bits per heavy atom. The minimum atomic E-state index is -4.18. The number of benzene rings is 5. The van der Waals surface area contributed by atoms with Crippen LogP contribution in [-0.4, -0.2) is 45.0 Å². The molecule has 13 heteroatoms. The smallest absolute Gasteiger partial charge is 0.264 e. The van der Waals surface area contributed by atoms with Gasteiger partial charge in [0.05, 0.1) is 24.5 Å². The van der Waals surface area contributed by atoms with Gasteiger partial charge in [0.25, 0.3) is 15.9 Å². The van der Waals surface area contributed by atoms with Crippen molar-refractivity contribution >= 4 is 21.9 Å². The van der Waals surface area contributed by atoms with Crippen molar-refractivity contribution < 1.29 is 22.6 Å². The first-order chi connectivity index (χ1) is 28.9. The highest BCUT2D eigenvalue weighted by Gasteiger charge is 2.38. The summed E-state index contributed by atoms with van der Waals surface area (Å²) in [5.74, 6) is 0.302. The van der Waals surface area contributed by atoms with E-state index in [1.807, 2.05) is 79.0 Å². The van der Waals surface area contributed by atoms with Crippen LogP contribution in [0.5, 0.6) is 23.1 Å². The molecule has 0 fully saturated rings. The maximum Gasteiger partial charge on any atom is 0.264 e. The van der Waals surface area contributed by atoms with E-state index in [9.17, 15) is 8.42 Å². The van der Waals surface area contributed by atoms with Crippen molar-refractivity contribution in [1.82, 2.24) is 29.5 Å². The molecule has 0 unspecified atom stereocenters. The summed E-state index contributed by atoms with van der Waals surface area (Å²) in [7, 11) is -2.68. The third-order valence-corrected chi connectivity index (χ3v) is 10.3. The summed E-state index contributed by atoms with van der Waals surface area (Å²) in [5.41, 5.74) is 3.50. The first kappa shape index (κ1) is 38.2. The molecule has 0 amide bonds. The van der Waals surface area contributed by atoms with Crippen molar-refractivity contribution in [3.8, 4) is 34.8 Å². The zero-order valence-electron chi connectivity index (χ0n) is 31.7. The number of ether oxygens (including phenoxy) is 3. The lowest BCUT2D eigenvalue weighted by molar-refractivity contribution is 0.273. The number of hydrogen-bond donors (Lipinski definition) is 1. The van der Waals surface area contributed by atoms with Crippen molar-refractivity contribution in [3.63, 3.8) is 0 Å². The molecule has 0 aliphatic rings. The van der Waals surface area contributed by atoms with Gasteiger partial charge < -0.3 is 18.8 Å². The fourth-order valence-electron chi connectivity index (χ4n) is 6.67. The van der Waals surface area contributed by atoms with Crippen molar-refractivity contribution in [2.75, 3.05) is 11.8 Å². The summed E-state index contributed by atoms with van der Waals surface area (Å²) in [6.07, 6.45) is 8.24. The number of aromatic nitrogens is 6. The molecule has 0 aliphatic heterocycles. The zero-order chi connectivity index (χ0) is 40.5. The fourth-order valence-corrected chi connectivity index (χ4v) is 7.48. The minimum Gasteiger partial charge on any atom is -0.493 e. The lowest BCUT2D eigenvalue weighted by Crippen LogP contribution is -2.36. The predicted octanol–water partition coefficient (Wildman–Crippen LogP) is 8.76. The number of para-hydroxylation sites is 2. The van der Waals surface area contributed by atoms with Gasteiger partial charge in [-0.05, 0) is 46.5 Å². The molecular weight excluding hydrogens is 763 g/mol.